The van der Waals surface area contributed by atoms with Crippen molar-refractivity contribution in [3.63, 3.8) is 0 Å². The van der Waals surface area contributed by atoms with Gasteiger partial charge in [-0.3, -0.25) is 0 Å². The maximum atomic E-state index is 13.3. The molecule has 1 aliphatic heterocycles. The van der Waals surface area contributed by atoms with E-state index in [0.717, 1.165) is 32.6 Å². The largest absolute Gasteiger partial charge is 0.381 e. The molecule has 94 valence electrons. The first-order valence-corrected chi connectivity index (χ1v) is 5.98. The predicted molar refractivity (Wildman–Crippen MR) is 61.6 cm³/mol. The van der Waals surface area contributed by atoms with Crippen LogP contribution in [0.25, 0.3) is 0 Å². The van der Waals surface area contributed by atoms with Crippen LogP contribution in [0, 0.1) is 17.6 Å². The zero-order valence-corrected chi connectivity index (χ0v) is 9.72. The van der Waals surface area contributed by atoms with Crippen LogP contribution in [0.2, 0.25) is 0 Å². The van der Waals surface area contributed by atoms with E-state index in [0.29, 0.717) is 5.92 Å². The highest BCUT2D eigenvalue weighted by molar-refractivity contribution is 5.19. The van der Waals surface area contributed by atoms with Crippen molar-refractivity contribution >= 4 is 0 Å². The molecule has 0 aliphatic carbocycles. The van der Waals surface area contributed by atoms with Crippen LogP contribution in [-0.4, -0.2) is 19.8 Å². The number of nitrogens with one attached hydrogen (secondary N) is 1. The molecule has 0 unspecified atom stereocenters. The second-order valence-electron chi connectivity index (χ2n) is 4.39. The van der Waals surface area contributed by atoms with Gasteiger partial charge in [0.2, 0.25) is 0 Å². The van der Waals surface area contributed by atoms with Gasteiger partial charge in [-0.2, -0.15) is 0 Å². The van der Waals surface area contributed by atoms with Gasteiger partial charge < -0.3 is 10.1 Å². The lowest BCUT2D eigenvalue weighted by Crippen LogP contribution is -2.28. The highest BCUT2D eigenvalue weighted by atomic mass is 19.1. The Labute approximate surface area is 100.0 Å². The molecule has 1 N–H and O–H groups in total. The van der Waals surface area contributed by atoms with E-state index in [1.54, 1.807) is 0 Å². The van der Waals surface area contributed by atoms with E-state index < -0.39 is 11.6 Å². The zero-order chi connectivity index (χ0) is 12.1. The number of halogens is 2. The van der Waals surface area contributed by atoms with Crippen LogP contribution in [0.1, 0.15) is 18.4 Å². The molecule has 0 spiro atoms. The van der Waals surface area contributed by atoms with Gasteiger partial charge in [0.15, 0.2) is 0 Å². The molecule has 0 saturated carbocycles. The quantitative estimate of drug-likeness (QED) is 0.874. The van der Waals surface area contributed by atoms with Crippen molar-refractivity contribution in [3.05, 3.63) is 35.4 Å². The lowest BCUT2D eigenvalue weighted by Gasteiger charge is -2.22. The van der Waals surface area contributed by atoms with Crippen LogP contribution < -0.4 is 5.32 Å². The van der Waals surface area contributed by atoms with Crippen molar-refractivity contribution in [2.75, 3.05) is 19.8 Å². The Kier molecular flexibility index (Phi) is 4.45. The van der Waals surface area contributed by atoms with Crippen molar-refractivity contribution in [2.24, 2.45) is 5.92 Å². The number of rotatable bonds is 4. The molecule has 1 fully saturated rings. The maximum Gasteiger partial charge on any atom is 0.130 e. The number of hydrogen-bond acceptors (Lipinski definition) is 2. The molecule has 0 atom stereocenters. The Morgan fingerprint density at radius 2 is 1.82 bits per heavy atom. The fourth-order valence-electron chi connectivity index (χ4n) is 2.05. The summed E-state index contributed by atoms with van der Waals surface area (Å²) in [7, 11) is 0. The molecule has 0 aromatic heterocycles. The minimum Gasteiger partial charge on any atom is -0.381 e. The SMILES string of the molecule is Fc1cccc(F)c1CNCC1CCOCC1. The second-order valence-corrected chi connectivity index (χ2v) is 4.39. The summed E-state index contributed by atoms with van der Waals surface area (Å²) in [5, 5.41) is 3.12. The Hall–Kier alpha value is -1.00. The van der Waals surface area contributed by atoms with Gasteiger partial charge in [-0.25, -0.2) is 8.78 Å². The van der Waals surface area contributed by atoms with Crippen LogP contribution in [0.5, 0.6) is 0 Å². The van der Waals surface area contributed by atoms with Gasteiger partial charge in [0.05, 0.1) is 0 Å². The number of benzene rings is 1. The third-order valence-corrected chi connectivity index (χ3v) is 3.14. The molecule has 1 aromatic rings. The summed E-state index contributed by atoms with van der Waals surface area (Å²) in [5.41, 5.74) is 0.125. The highest BCUT2D eigenvalue weighted by Gasteiger charge is 2.14. The van der Waals surface area contributed by atoms with Crippen molar-refractivity contribution in [2.45, 2.75) is 19.4 Å². The maximum absolute atomic E-state index is 13.3. The Bertz CT molecular complexity index is 344. The third kappa shape index (κ3) is 3.48. The van der Waals surface area contributed by atoms with Crippen molar-refractivity contribution in [3.8, 4) is 0 Å². The van der Waals surface area contributed by atoms with Gasteiger partial charge in [0.25, 0.3) is 0 Å². The molecule has 1 saturated heterocycles. The summed E-state index contributed by atoms with van der Waals surface area (Å²) in [6.07, 6.45) is 2.04. The Balaban J connectivity index is 1.81. The monoisotopic (exact) mass is 241 g/mol. The van der Waals surface area contributed by atoms with E-state index in [2.05, 4.69) is 5.32 Å². The minimum atomic E-state index is -0.482. The normalized spacial score (nSPS) is 17.3. The van der Waals surface area contributed by atoms with Gasteiger partial charge in [-0.1, -0.05) is 6.07 Å². The second kappa shape index (κ2) is 6.07. The molecule has 0 amide bonds. The molecule has 1 aromatic carbocycles. The van der Waals surface area contributed by atoms with Crippen molar-refractivity contribution in [1.29, 1.82) is 0 Å². The van der Waals surface area contributed by atoms with Gasteiger partial charge in [-0.05, 0) is 37.4 Å². The van der Waals surface area contributed by atoms with Gasteiger partial charge in [-0.15, -0.1) is 0 Å². The average Bonchev–Trinajstić information content (AvgIpc) is 2.34. The molecule has 0 bridgehead atoms. The fraction of sp³-hybridized carbons (Fsp3) is 0.538. The van der Waals surface area contributed by atoms with E-state index in [4.69, 9.17) is 4.74 Å². The fourth-order valence-corrected chi connectivity index (χ4v) is 2.05. The van der Waals surface area contributed by atoms with Gasteiger partial charge >= 0.3 is 0 Å². The molecule has 17 heavy (non-hydrogen) atoms. The summed E-state index contributed by atoms with van der Waals surface area (Å²) < 4.78 is 31.9. The summed E-state index contributed by atoms with van der Waals surface area (Å²) in [6.45, 7) is 2.62. The predicted octanol–water partition coefficient (Wildman–Crippen LogP) is 2.48. The summed E-state index contributed by atoms with van der Waals surface area (Å²) in [4.78, 5) is 0. The first-order chi connectivity index (χ1) is 8.27. The Morgan fingerprint density at radius 1 is 1.18 bits per heavy atom. The standard InChI is InChI=1S/C13H17F2NO/c14-12-2-1-3-13(15)11(12)9-16-8-10-4-6-17-7-5-10/h1-3,10,16H,4-9H2. The average molecular weight is 241 g/mol. The van der Waals surface area contributed by atoms with Crippen LogP contribution in [0.3, 0.4) is 0 Å². The molecule has 1 heterocycles. The highest BCUT2D eigenvalue weighted by Crippen LogP contribution is 2.15. The number of hydrogen-bond donors (Lipinski definition) is 1. The first-order valence-electron chi connectivity index (χ1n) is 5.98. The zero-order valence-electron chi connectivity index (χ0n) is 9.72. The lowest BCUT2D eigenvalue weighted by atomic mass is 10.0. The van der Waals surface area contributed by atoms with Crippen molar-refractivity contribution < 1.29 is 13.5 Å². The van der Waals surface area contributed by atoms with E-state index >= 15 is 0 Å². The molecule has 2 nitrogen and oxygen atoms in total. The molecule has 2 rings (SSSR count). The number of ether oxygens (including phenoxy) is 1. The van der Waals surface area contributed by atoms with Crippen LogP contribution in [-0.2, 0) is 11.3 Å². The van der Waals surface area contributed by atoms with Gasteiger partial charge in [0.1, 0.15) is 11.6 Å². The molecule has 4 heteroatoms. The first kappa shape index (κ1) is 12.5. The van der Waals surface area contributed by atoms with E-state index in [1.165, 1.54) is 18.2 Å². The molecule has 1 aliphatic rings. The van der Waals surface area contributed by atoms with E-state index in [-0.39, 0.29) is 12.1 Å². The minimum absolute atomic E-state index is 0.125. The summed E-state index contributed by atoms with van der Waals surface area (Å²) in [5.74, 6) is -0.410. The molecular formula is C13H17F2NO. The van der Waals surface area contributed by atoms with Crippen LogP contribution in [0.15, 0.2) is 18.2 Å². The van der Waals surface area contributed by atoms with Crippen molar-refractivity contribution in [1.82, 2.24) is 5.32 Å². The van der Waals surface area contributed by atoms with E-state index in [9.17, 15) is 8.78 Å². The van der Waals surface area contributed by atoms with Gasteiger partial charge in [0, 0.05) is 25.3 Å². The molecule has 0 radical (unpaired) electrons. The third-order valence-electron chi connectivity index (χ3n) is 3.14. The van der Waals surface area contributed by atoms with Crippen LogP contribution in [0.4, 0.5) is 8.78 Å². The summed E-state index contributed by atoms with van der Waals surface area (Å²) in [6, 6.07) is 3.95. The van der Waals surface area contributed by atoms with E-state index in [1.807, 2.05) is 0 Å². The summed E-state index contributed by atoms with van der Waals surface area (Å²) >= 11 is 0. The Morgan fingerprint density at radius 3 is 2.47 bits per heavy atom. The smallest absolute Gasteiger partial charge is 0.130 e. The topological polar surface area (TPSA) is 21.3 Å². The molecular weight excluding hydrogens is 224 g/mol. The lowest BCUT2D eigenvalue weighted by molar-refractivity contribution is 0.0662. The van der Waals surface area contributed by atoms with Crippen LogP contribution >= 0.6 is 0 Å².